The fourth-order valence-corrected chi connectivity index (χ4v) is 4.12. The average molecular weight is 423 g/mol. The second-order valence-corrected chi connectivity index (χ2v) is 7.97. The Balaban J connectivity index is 1.54. The van der Waals surface area contributed by atoms with Gasteiger partial charge < -0.3 is 14.4 Å². The Bertz CT molecular complexity index is 1090. The molecule has 1 fully saturated rings. The molecule has 1 aromatic heterocycles. The van der Waals surface area contributed by atoms with Gasteiger partial charge in [0.25, 0.3) is 0 Å². The van der Waals surface area contributed by atoms with Crippen LogP contribution in [-0.2, 0) is 11.3 Å². The van der Waals surface area contributed by atoms with Crippen molar-refractivity contribution in [2.75, 3.05) is 25.0 Å². The number of carbonyl (C=O) groups is 1. The number of benzene rings is 2. The van der Waals surface area contributed by atoms with Crippen molar-refractivity contribution >= 4 is 28.8 Å². The first-order chi connectivity index (χ1) is 14.9. The summed E-state index contributed by atoms with van der Waals surface area (Å²) in [5.74, 6) is 0.567. The van der Waals surface area contributed by atoms with E-state index in [9.17, 15) is 9.18 Å². The van der Waals surface area contributed by atoms with Gasteiger partial charge in [0.2, 0.25) is 11.9 Å². The van der Waals surface area contributed by atoms with Gasteiger partial charge >= 0.3 is 0 Å². The fourth-order valence-electron chi connectivity index (χ4n) is 4.12. The molecule has 0 radical (unpaired) electrons. The minimum atomic E-state index is -0.240. The summed E-state index contributed by atoms with van der Waals surface area (Å²) in [7, 11) is 1.85. The van der Waals surface area contributed by atoms with Crippen molar-refractivity contribution in [1.82, 2.24) is 19.8 Å². The molecule has 162 valence electrons. The van der Waals surface area contributed by atoms with Crippen LogP contribution in [0.25, 0.3) is 11.0 Å². The molecule has 1 amide bonds. The molecule has 1 aliphatic rings. The van der Waals surface area contributed by atoms with E-state index in [2.05, 4.69) is 20.9 Å². The number of rotatable bonds is 4. The molecule has 0 saturated carbocycles. The molecule has 0 bridgehead atoms. The number of piperidine rings is 1. The SMILES string of the molecule is CC(=O)NC(=N)N(C)C1CCN(c2nc3ccccc3n2Cc2ccc(F)cc2)CC1. The number of aromatic nitrogens is 2. The minimum absolute atomic E-state index is 0.134. The van der Waals surface area contributed by atoms with E-state index in [0.717, 1.165) is 48.5 Å². The first-order valence-electron chi connectivity index (χ1n) is 10.5. The number of nitrogens with one attached hydrogen (secondary N) is 2. The van der Waals surface area contributed by atoms with Gasteiger partial charge in [-0.2, -0.15) is 0 Å². The highest BCUT2D eigenvalue weighted by Gasteiger charge is 2.27. The molecule has 7 nitrogen and oxygen atoms in total. The zero-order valence-electron chi connectivity index (χ0n) is 17.8. The predicted molar refractivity (Wildman–Crippen MR) is 120 cm³/mol. The lowest BCUT2D eigenvalue weighted by atomic mass is 10.0. The third-order valence-electron chi connectivity index (χ3n) is 5.83. The van der Waals surface area contributed by atoms with Crippen LogP contribution < -0.4 is 10.2 Å². The second-order valence-electron chi connectivity index (χ2n) is 7.97. The number of hydrogen-bond donors (Lipinski definition) is 2. The zero-order chi connectivity index (χ0) is 22.0. The van der Waals surface area contributed by atoms with Crippen LogP contribution in [-0.4, -0.2) is 52.5 Å². The Labute approximate surface area is 181 Å². The van der Waals surface area contributed by atoms with Crippen molar-refractivity contribution in [1.29, 1.82) is 5.41 Å². The smallest absolute Gasteiger partial charge is 0.223 e. The summed E-state index contributed by atoms with van der Waals surface area (Å²) in [6.07, 6.45) is 1.72. The molecular weight excluding hydrogens is 395 g/mol. The van der Waals surface area contributed by atoms with Gasteiger partial charge in [-0.3, -0.25) is 15.5 Å². The quantitative estimate of drug-likeness (QED) is 0.500. The average Bonchev–Trinajstić information content (AvgIpc) is 3.13. The lowest BCUT2D eigenvalue weighted by Crippen LogP contribution is -2.50. The Hall–Kier alpha value is -3.42. The van der Waals surface area contributed by atoms with Gasteiger partial charge in [0.1, 0.15) is 5.82 Å². The van der Waals surface area contributed by atoms with Crippen molar-refractivity contribution in [2.45, 2.75) is 32.4 Å². The van der Waals surface area contributed by atoms with E-state index in [1.54, 1.807) is 0 Å². The van der Waals surface area contributed by atoms with Gasteiger partial charge in [-0.05, 0) is 42.7 Å². The zero-order valence-corrected chi connectivity index (χ0v) is 17.8. The fraction of sp³-hybridized carbons (Fsp3) is 0.348. The first-order valence-corrected chi connectivity index (χ1v) is 10.5. The van der Waals surface area contributed by atoms with Crippen molar-refractivity contribution in [3.8, 4) is 0 Å². The van der Waals surface area contributed by atoms with Gasteiger partial charge in [-0.15, -0.1) is 0 Å². The minimum Gasteiger partial charge on any atom is -0.343 e. The van der Waals surface area contributed by atoms with E-state index in [4.69, 9.17) is 10.4 Å². The second kappa shape index (κ2) is 8.75. The molecule has 0 aliphatic carbocycles. The van der Waals surface area contributed by atoms with Crippen molar-refractivity contribution in [2.24, 2.45) is 0 Å². The highest BCUT2D eigenvalue weighted by Crippen LogP contribution is 2.27. The molecular formula is C23H27FN6O. The number of amides is 1. The molecule has 0 unspecified atom stereocenters. The Morgan fingerprint density at radius 1 is 1.19 bits per heavy atom. The summed E-state index contributed by atoms with van der Waals surface area (Å²) in [6, 6.07) is 14.8. The van der Waals surface area contributed by atoms with Crippen LogP contribution in [0.5, 0.6) is 0 Å². The van der Waals surface area contributed by atoms with Crippen LogP contribution in [0.2, 0.25) is 0 Å². The number of fused-ring (bicyclic) bond motifs is 1. The predicted octanol–water partition coefficient (Wildman–Crippen LogP) is 3.20. The van der Waals surface area contributed by atoms with Crippen molar-refractivity contribution < 1.29 is 9.18 Å². The van der Waals surface area contributed by atoms with Crippen LogP contribution in [0.4, 0.5) is 10.3 Å². The Kier molecular flexibility index (Phi) is 5.88. The van der Waals surface area contributed by atoms with Crippen molar-refractivity contribution in [3.05, 3.63) is 59.9 Å². The topological polar surface area (TPSA) is 77.2 Å². The summed E-state index contributed by atoms with van der Waals surface area (Å²) in [5, 5.41) is 10.6. The maximum absolute atomic E-state index is 13.3. The standard InChI is InChI=1S/C23H27FN6O/c1-16(31)26-22(25)28(2)19-11-13-29(14-12-19)23-27-20-5-3-4-6-21(20)30(23)15-17-7-9-18(24)10-8-17/h3-10,19H,11-15H2,1-2H3,(H2,25,26,31). The van der Waals surface area contributed by atoms with E-state index >= 15 is 0 Å². The molecule has 2 N–H and O–H groups in total. The largest absolute Gasteiger partial charge is 0.343 e. The Morgan fingerprint density at radius 2 is 1.87 bits per heavy atom. The van der Waals surface area contributed by atoms with E-state index in [1.807, 2.05) is 42.3 Å². The number of halogens is 1. The van der Waals surface area contributed by atoms with E-state index in [0.29, 0.717) is 6.54 Å². The van der Waals surface area contributed by atoms with Crippen LogP contribution >= 0.6 is 0 Å². The number of imidazole rings is 1. The number of guanidine groups is 1. The van der Waals surface area contributed by atoms with Crippen LogP contribution in [0.15, 0.2) is 48.5 Å². The third kappa shape index (κ3) is 4.52. The normalized spacial score (nSPS) is 14.6. The van der Waals surface area contributed by atoms with E-state index < -0.39 is 0 Å². The summed E-state index contributed by atoms with van der Waals surface area (Å²) in [6.45, 7) is 3.63. The highest BCUT2D eigenvalue weighted by molar-refractivity contribution is 5.94. The summed E-state index contributed by atoms with van der Waals surface area (Å²) < 4.78 is 15.5. The van der Waals surface area contributed by atoms with Crippen LogP contribution in [0.3, 0.4) is 0 Å². The molecule has 8 heteroatoms. The third-order valence-corrected chi connectivity index (χ3v) is 5.83. The van der Waals surface area contributed by atoms with Gasteiger partial charge in [0, 0.05) is 33.1 Å². The van der Waals surface area contributed by atoms with E-state index in [1.165, 1.54) is 19.1 Å². The van der Waals surface area contributed by atoms with Gasteiger partial charge in [-0.1, -0.05) is 24.3 Å². The molecule has 0 atom stereocenters. The maximum atomic E-state index is 13.3. The molecule has 3 aromatic rings. The monoisotopic (exact) mass is 422 g/mol. The molecule has 2 heterocycles. The van der Waals surface area contributed by atoms with Gasteiger partial charge in [-0.25, -0.2) is 9.37 Å². The molecule has 2 aromatic carbocycles. The van der Waals surface area contributed by atoms with Gasteiger partial charge in [0.15, 0.2) is 5.96 Å². The molecule has 1 aliphatic heterocycles. The van der Waals surface area contributed by atoms with Crippen molar-refractivity contribution in [3.63, 3.8) is 0 Å². The molecule has 1 saturated heterocycles. The maximum Gasteiger partial charge on any atom is 0.223 e. The van der Waals surface area contributed by atoms with Crippen LogP contribution in [0.1, 0.15) is 25.3 Å². The number of anilines is 1. The number of carbonyl (C=O) groups excluding carboxylic acids is 1. The van der Waals surface area contributed by atoms with Gasteiger partial charge in [0.05, 0.1) is 17.6 Å². The summed E-state index contributed by atoms with van der Waals surface area (Å²) >= 11 is 0. The highest BCUT2D eigenvalue weighted by atomic mass is 19.1. The van der Waals surface area contributed by atoms with Crippen LogP contribution in [0, 0.1) is 11.2 Å². The number of para-hydroxylation sites is 2. The lowest BCUT2D eigenvalue weighted by molar-refractivity contribution is -0.117. The molecule has 0 spiro atoms. The summed E-state index contributed by atoms with van der Waals surface area (Å²) in [5.41, 5.74) is 3.00. The Morgan fingerprint density at radius 3 is 2.55 bits per heavy atom. The summed E-state index contributed by atoms with van der Waals surface area (Å²) in [4.78, 5) is 20.3. The number of hydrogen-bond acceptors (Lipinski definition) is 4. The molecule has 31 heavy (non-hydrogen) atoms. The lowest BCUT2D eigenvalue weighted by Gasteiger charge is -2.38. The number of nitrogens with zero attached hydrogens (tertiary/aromatic N) is 4. The first kappa shape index (κ1) is 20.8. The molecule has 4 rings (SSSR count). The van der Waals surface area contributed by atoms with E-state index in [-0.39, 0.29) is 23.7 Å².